The summed E-state index contributed by atoms with van der Waals surface area (Å²) in [5.41, 5.74) is -1.93. The van der Waals surface area contributed by atoms with Crippen LogP contribution in [-0.2, 0) is 6.54 Å². The molecule has 0 aliphatic rings. The molecule has 0 aliphatic carbocycles. The summed E-state index contributed by atoms with van der Waals surface area (Å²) in [5, 5.41) is 1.68. The molecule has 0 bridgehead atoms. The Morgan fingerprint density at radius 1 is 1.00 bits per heavy atom. The van der Waals surface area contributed by atoms with E-state index in [2.05, 4.69) is 0 Å². The molecule has 4 nitrogen and oxygen atoms in total. The van der Waals surface area contributed by atoms with Crippen molar-refractivity contribution in [1.29, 1.82) is 0 Å². The van der Waals surface area contributed by atoms with Gasteiger partial charge in [0.1, 0.15) is 22.2 Å². The molecule has 0 saturated heterocycles. The lowest BCUT2D eigenvalue weighted by Crippen LogP contribution is -2.39. The van der Waals surface area contributed by atoms with Crippen LogP contribution in [0.4, 0.5) is 13.2 Å². The van der Waals surface area contributed by atoms with E-state index in [-0.39, 0.29) is 27.3 Å². The first-order valence-corrected chi connectivity index (χ1v) is 9.25. The minimum absolute atomic E-state index is 0.0451. The summed E-state index contributed by atoms with van der Waals surface area (Å²) >= 11 is 7.10. The molecule has 0 aliphatic heterocycles. The van der Waals surface area contributed by atoms with E-state index >= 15 is 0 Å². The molecule has 0 spiro atoms. The minimum Gasteiger partial charge on any atom is -0.287 e. The molecular formula is C19H10ClF3N2O2S. The number of hydrogen-bond donors (Lipinski definition) is 0. The van der Waals surface area contributed by atoms with E-state index in [0.717, 1.165) is 34.1 Å². The maximum Gasteiger partial charge on any atom is 0.336 e. The van der Waals surface area contributed by atoms with Gasteiger partial charge in [-0.3, -0.25) is 9.36 Å². The molecule has 0 radical (unpaired) electrons. The predicted octanol–water partition coefficient (Wildman–Crippen LogP) is 4.33. The van der Waals surface area contributed by atoms with Gasteiger partial charge in [0, 0.05) is 16.7 Å². The van der Waals surface area contributed by atoms with E-state index < -0.39 is 34.4 Å². The Morgan fingerprint density at radius 2 is 1.79 bits per heavy atom. The highest BCUT2D eigenvalue weighted by Gasteiger charge is 2.20. The lowest BCUT2D eigenvalue weighted by molar-refractivity contribution is 0.578. The monoisotopic (exact) mass is 422 g/mol. The van der Waals surface area contributed by atoms with E-state index in [0.29, 0.717) is 4.57 Å². The van der Waals surface area contributed by atoms with E-state index in [1.54, 1.807) is 5.38 Å². The normalized spacial score (nSPS) is 11.3. The van der Waals surface area contributed by atoms with Crippen LogP contribution in [0.15, 0.2) is 57.4 Å². The lowest BCUT2D eigenvalue weighted by atomic mass is 10.2. The van der Waals surface area contributed by atoms with E-state index in [1.807, 2.05) is 0 Å². The number of fused-ring (bicyclic) bond motifs is 1. The molecule has 0 saturated carbocycles. The van der Waals surface area contributed by atoms with Crippen LogP contribution >= 0.6 is 22.9 Å². The van der Waals surface area contributed by atoms with Crippen molar-refractivity contribution in [3.8, 4) is 5.69 Å². The van der Waals surface area contributed by atoms with Gasteiger partial charge >= 0.3 is 5.69 Å². The van der Waals surface area contributed by atoms with Gasteiger partial charge in [-0.25, -0.2) is 22.5 Å². The zero-order valence-corrected chi connectivity index (χ0v) is 15.5. The maximum atomic E-state index is 14.3. The summed E-state index contributed by atoms with van der Waals surface area (Å²) in [7, 11) is 0. The molecule has 4 rings (SSSR count). The quantitative estimate of drug-likeness (QED) is 0.493. The van der Waals surface area contributed by atoms with Crippen LogP contribution in [0.5, 0.6) is 0 Å². The van der Waals surface area contributed by atoms with Gasteiger partial charge in [0.25, 0.3) is 5.56 Å². The van der Waals surface area contributed by atoms with Crippen molar-refractivity contribution in [3.05, 3.63) is 96.7 Å². The van der Waals surface area contributed by atoms with Crippen LogP contribution in [0.1, 0.15) is 5.56 Å². The largest absolute Gasteiger partial charge is 0.336 e. The molecule has 2 heterocycles. The Bertz CT molecular complexity index is 1320. The third-order valence-corrected chi connectivity index (χ3v) is 5.53. The van der Waals surface area contributed by atoms with Crippen LogP contribution in [0.2, 0.25) is 5.02 Å². The first-order chi connectivity index (χ1) is 13.4. The molecule has 0 unspecified atom stereocenters. The Balaban J connectivity index is 2.06. The molecule has 142 valence electrons. The maximum absolute atomic E-state index is 14.3. The van der Waals surface area contributed by atoms with Crippen LogP contribution in [0.25, 0.3) is 15.9 Å². The first-order valence-electron chi connectivity index (χ1n) is 8.00. The fourth-order valence-electron chi connectivity index (χ4n) is 2.95. The SMILES string of the molecule is O=c1c2sccc2n(Cc2c(F)cccc2Cl)c(=O)n1-c1cc(F)ccc1F. The molecule has 9 heteroatoms. The predicted molar refractivity (Wildman–Crippen MR) is 102 cm³/mol. The number of rotatable bonds is 3. The molecule has 2 aromatic carbocycles. The third-order valence-electron chi connectivity index (χ3n) is 4.28. The van der Waals surface area contributed by atoms with Gasteiger partial charge in [-0.05, 0) is 35.7 Å². The highest BCUT2D eigenvalue weighted by atomic mass is 35.5. The summed E-state index contributed by atoms with van der Waals surface area (Å²) in [5.74, 6) is -2.37. The van der Waals surface area contributed by atoms with Gasteiger partial charge in [-0.1, -0.05) is 17.7 Å². The van der Waals surface area contributed by atoms with Crippen LogP contribution < -0.4 is 11.2 Å². The Morgan fingerprint density at radius 3 is 2.54 bits per heavy atom. The molecular weight excluding hydrogens is 413 g/mol. The molecule has 4 aromatic rings. The summed E-state index contributed by atoms with van der Waals surface area (Å²) < 4.78 is 44.0. The van der Waals surface area contributed by atoms with Crippen molar-refractivity contribution < 1.29 is 13.2 Å². The summed E-state index contributed by atoms with van der Waals surface area (Å²) in [6, 6.07) is 8.09. The molecule has 0 fully saturated rings. The first kappa shape index (κ1) is 18.5. The van der Waals surface area contributed by atoms with E-state index in [4.69, 9.17) is 11.6 Å². The highest BCUT2D eigenvalue weighted by molar-refractivity contribution is 7.17. The van der Waals surface area contributed by atoms with Gasteiger partial charge in [0.15, 0.2) is 0 Å². The molecule has 0 N–H and O–H groups in total. The molecule has 0 amide bonds. The van der Waals surface area contributed by atoms with Crippen molar-refractivity contribution in [2.75, 3.05) is 0 Å². The summed E-state index contributed by atoms with van der Waals surface area (Å²) in [6.45, 7) is -0.283. The molecule has 0 atom stereocenters. The number of thiophene rings is 1. The van der Waals surface area contributed by atoms with Gasteiger partial charge in [0.05, 0.1) is 17.7 Å². The third kappa shape index (κ3) is 2.94. The van der Waals surface area contributed by atoms with Crippen molar-refractivity contribution in [1.82, 2.24) is 9.13 Å². The zero-order valence-electron chi connectivity index (χ0n) is 14.0. The number of halogens is 4. The van der Waals surface area contributed by atoms with Crippen molar-refractivity contribution >= 4 is 33.2 Å². The Labute approximate surface area is 164 Å². The number of benzene rings is 2. The minimum atomic E-state index is -0.938. The highest BCUT2D eigenvalue weighted by Crippen LogP contribution is 2.23. The summed E-state index contributed by atoms with van der Waals surface area (Å²) in [4.78, 5) is 25.9. The average molecular weight is 423 g/mol. The smallest absolute Gasteiger partial charge is 0.287 e. The van der Waals surface area contributed by atoms with Crippen molar-refractivity contribution in [2.45, 2.75) is 6.54 Å². The van der Waals surface area contributed by atoms with E-state index in [1.165, 1.54) is 24.3 Å². The second-order valence-corrected chi connectivity index (χ2v) is 7.26. The molecule has 28 heavy (non-hydrogen) atoms. The van der Waals surface area contributed by atoms with Crippen LogP contribution in [-0.4, -0.2) is 9.13 Å². The van der Waals surface area contributed by atoms with E-state index in [9.17, 15) is 22.8 Å². The van der Waals surface area contributed by atoms with Crippen LogP contribution in [0.3, 0.4) is 0 Å². The average Bonchev–Trinajstić information content (AvgIpc) is 3.13. The number of nitrogens with zero attached hydrogens (tertiary/aromatic N) is 2. The second kappa shape index (κ2) is 6.96. The number of aromatic nitrogens is 2. The standard InChI is InChI=1S/C19H10ClF3N2O2S/c20-12-2-1-3-13(22)11(12)9-24-15-6-7-28-17(15)18(26)25(19(24)27)16-8-10(21)4-5-14(16)23/h1-8H,9H2. The Kier molecular flexibility index (Phi) is 4.60. The molecule has 2 aromatic heterocycles. The van der Waals surface area contributed by atoms with Gasteiger partial charge < -0.3 is 0 Å². The van der Waals surface area contributed by atoms with Crippen LogP contribution in [0, 0.1) is 17.5 Å². The zero-order chi connectivity index (χ0) is 20.0. The number of hydrogen-bond acceptors (Lipinski definition) is 3. The van der Waals surface area contributed by atoms with Gasteiger partial charge in [-0.15, -0.1) is 11.3 Å². The fraction of sp³-hybridized carbons (Fsp3) is 0.0526. The fourth-order valence-corrected chi connectivity index (χ4v) is 4.00. The Hall–Kier alpha value is -2.84. The summed E-state index contributed by atoms with van der Waals surface area (Å²) in [6.07, 6.45) is 0. The van der Waals surface area contributed by atoms with Crippen molar-refractivity contribution in [3.63, 3.8) is 0 Å². The van der Waals surface area contributed by atoms with Gasteiger partial charge in [0.2, 0.25) is 0 Å². The van der Waals surface area contributed by atoms with Gasteiger partial charge in [-0.2, -0.15) is 0 Å². The topological polar surface area (TPSA) is 44.0 Å². The van der Waals surface area contributed by atoms with Crippen molar-refractivity contribution in [2.24, 2.45) is 0 Å². The lowest BCUT2D eigenvalue weighted by Gasteiger charge is -2.14. The second-order valence-electron chi connectivity index (χ2n) is 5.94.